The minimum atomic E-state index is -0.333. The highest BCUT2D eigenvalue weighted by Crippen LogP contribution is 2.28. The number of ether oxygens (including phenoxy) is 1. The second-order valence-electron chi connectivity index (χ2n) is 5.65. The van der Waals surface area contributed by atoms with Crippen LogP contribution >= 0.6 is 0 Å². The average Bonchev–Trinajstić information content (AvgIpc) is 2.45. The maximum atomic E-state index is 9.03. The molecule has 1 unspecified atom stereocenters. The van der Waals surface area contributed by atoms with E-state index in [-0.39, 0.29) is 5.41 Å². The quantitative estimate of drug-likeness (QED) is 0.777. The molecule has 1 N–H and O–H groups in total. The van der Waals surface area contributed by atoms with Crippen LogP contribution < -0.4 is 10.1 Å². The zero-order valence-electron chi connectivity index (χ0n) is 13.1. The molecular formula is C17H26N2O. The first-order chi connectivity index (χ1) is 9.54. The van der Waals surface area contributed by atoms with Gasteiger partial charge in [0.15, 0.2) is 0 Å². The second kappa shape index (κ2) is 7.91. The highest BCUT2D eigenvalue weighted by atomic mass is 16.5. The van der Waals surface area contributed by atoms with E-state index in [9.17, 15) is 0 Å². The second-order valence-corrected chi connectivity index (χ2v) is 5.65. The summed E-state index contributed by atoms with van der Waals surface area (Å²) in [4.78, 5) is 0. The van der Waals surface area contributed by atoms with E-state index in [0.29, 0.717) is 12.6 Å². The van der Waals surface area contributed by atoms with Gasteiger partial charge in [-0.25, -0.2) is 0 Å². The third-order valence-electron chi connectivity index (χ3n) is 3.44. The van der Waals surface area contributed by atoms with Crippen LogP contribution in [-0.2, 0) is 0 Å². The van der Waals surface area contributed by atoms with Gasteiger partial charge in [0.2, 0.25) is 0 Å². The molecule has 0 saturated heterocycles. The van der Waals surface area contributed by atoms with Crippen molar-refractivity contribution in [2.75, 3.05) is 13.2 Å². The summed E-state index contributed by atoms with van der Waals surface area (Å²) in [6.07, 6.45) is 1.76. The van der Waals surface area contributed by atoms with E-state index in [2.05, 4.69) is 31.3 Å². The van der Waals surface area contributed by atoms with Crippen molar-refractivity contribution < 1.29 is 4.74 Å². The first-order valence-electron chi connectivity index (χ1n) is 7.40. The van der Waals surface area contributed by atoms with Gasteiger partial charge in [-0.15, -0.1) is 0 Å². The molecule has 0 amide bonds. The van der Waals surface area contributed by atoms with Crippen LogP contribution in [0.1, 0.15) is 52.1 Å². The van der Waals surface area contributed by atoms with Gasteiger partial charge in [0, 0.05) is 11.6 Å². The molecule has 0 saturated carbocycles. The van der Waals surface area contributed by atoms with E-state index in [1.807, 2.05) is 32.0 Å². The monoisotopic (exact) mass is 274 g/mol. The van der Waals surface area contributed by atoms with E-state index in [1.165, 1.54) is 5.56 Å². The van der Waals surface area contributed by atoms with Crippen LogP contribution in [-0.4, -0.2) is 13.2 Å². The minimum absolute atomic E-state index is 0.320. The molecule has 1 aromatic rings. The molecule has 20 heavy (non-hydrogen) atoms. The van der Waals surface area contributed by atoms with Crippen molar-refractivity contribution >= 4 is 0 Å². The minimum Gasteiger partial charge on any atom is -0.493 e. The molecule has 0 aliphatic rings. The molecule has 3 heteroatoms. The fraction of sp³-hybridized carbons (Fsp3) is 0.588. The molecule has 0 fully saturated rings. The van der Waals surface area contributed by atoms with E-state index in [0.717, 1.165) is 25.1 Å². The average molecular weight is 274 g/mol. The van der Waals surface area contributed by atoms with E-state index >= 15 is 0 Å². The first kappa shape index (κ1) is 16.5. The number of para-hydroxylation sites is 1. The molecule has 0 aliphatic carbocycles. The van der Waals surface area contributed by atoms with Gasteiger partial charge in [0.05, 0.1) is 18.1 Å². The third-order valence-corrected chi connectivity index (χ3v) is 3.44. The molecule has 0 bridgehead atoms. The van der Waals surface area contributed by atoms with Crippen LogP contribution in [0, 0.1) is 16.7 Å². The molecule has 1 rings (SSSR count). The number of hydrogen-bond donors (Lipinski definition) is 1. The summed E-state index contributed by atoms with van der Waals surface area (Å²) < 4.78 is 5.91. The van der Waals surface area contributed by atoms with Crippen molar-refractivity contribution in [1.29, 1.82) is 5.26 Å². The van der Waals surface area contributed by atoms with Crippen LogP contribution in [0.3, 0.4) is 0 Å². The Bertz CT molecular complexity index is 449. The third kappa shape index (κ3) is 4.86. The van der Waals surface area contributed by atoms with Gasteiger partial charge in [-0.1, -0.05) is 32.0 Å². The lowest BCUT2D eigenvalue weighted by Crippen LogP contribution is -2.21. The molecule has 1 aromatic carbocycles. The predicted molar refractivity (Wildman–Crippen MR) is 82.7 cm³/mol. The lowest BCUT2D eigenvalue weighted by atomic mass is 9.92. The number of rotatable bonds is 8. The van der Waals surface area contributed by atoms with Gasteiger partial charge >= 0.3 is 0 Å². The standard InChI is InChI=1S/C17H26N2O/c1-5-15(19-6-2)14-9-7-8-10-16(14)20-12-11-17(3,4)13-18/h7-10,15,19H,5-6,11-12H2,1-4H3. The zero-order chi connectivity index (χ0) is 15.0. The topological polar surface area (TPSA) is 45.0 Å². The highest BCUT2D eigenvalue weighted by molar-refractivity contribution is 5.36. The lowest BCUT2D eigenvalue weighted by Gasteiger charge is -2.21. The maximum Gasteiger partial charge on any atom is 0.124 e. The first-order valence-corrected chi connectivity index (χ1v) is 7.40. The Kier molecular flexibility index (Phi) is 6.54. The number of nitrogens with one attached hydrogen (secondary N) is 1. The summed E-state index contributed by atoms with van der Waals surface area (Å²) in [6.45, 7) is 9.67. The van der Waals surface area contributed by atoms with Gasteiger partial charge in [-0.05, 0) is 39.3 Å². The molecule has 0 spiro atoms. The predicted octanol–water partition coefficient (Wildman–Crippen LogP) is 4.07. The number of nitriles is 1. The summed E-state index contributed by atoms with van der Waals surface area (Å²) in [6, 6.07) is 10.8. The van der Waals surface area contributed by atoms with Crippen LogP contribution in [0.25, 0.3) is 0 Å². The summed E-state index contributed by atoms with van der Waals surface area (Å²) >= 11 is 0. The van der Waals surface area contributed by atoms with Crippen LogP contribution in [0.15, 0.2) is 24.3 Å². The SMILES string of the molecule is CCNC(CC)c1ccccc1OCCC(C)(C)C#N. The largest absolute Gasteiger partial charge is 0.493 e. The van der Waals surface area contributed by atoms with Gasteiger partial charge in [0.25, 0.3) is 0 Å². The van der Waals surface area contributed by atoms with Gasteiger partial charge < -0.3 is 10.1 Å². The smallest absolute Gasteiger partial charge is 0.124 e. The molecular weight excluding hydrogens is 248 g/mol. The molecule has 110 valence electrons. The Morgan fingerprint density at radius 1 is 1.30 bits per heavy atom. The van der Waals surface area contributed by atoms with E-state index in [4.69, 9.17) is 10.00 Å². The Labute approximate surface area is 123 Å². The lowest BCUT2D eigenvalue weighted by molar-refractivity contribution is 0.260. The van der Waals surface area contributed by atoms with Crippen molar-refractivity contribution in [2.24, 2.45) is 5.41 Å². The molecule has 0 heterocycles. The number of benzene rings is 1. The van der Waals surface area contributed by atoms with Crippen molar-refractivity contribution in [3.8, 4) is 11.8 Å². The van der Waals surface area contributed by atoms with Crippen molar-refractivity contribution in [2.45, 2.75) is 46.6 Å². The summed E-state index contributed by atoms with van der Waals surface area (Å²) in [5, 5.41) is 12.5. The molecule has 0 aromatic heterocycles. The van der Waals surface area contributed by atoms with E-state index < -0.39 is 0 Å². The Balaban J connectivity index is 2.73. The number of nitrogens with zero attached hydrogens (tertiary/aromatic N) is 1. The Morgan fingerprint density at radius 2 is 2.00 bits per heavy atom. The van der Waals surface area contributed by atoms with Gasteiger partial charge in [-0.3, -0.25) is 0 Å². The maximum absolute atomic E-state index is 9.03. The molecule has 1 atom stereocenters. The number of hydrogen-bond acceptors (Lipinski definition) is 3. The molecule has 0 radical (unpaired) electrons. The fourth-order valence-corrected chi connectivity index (χ4v) is 2.09. The fourth-order valence-electron chi connectivity index (χ4n) is 2.09. The van der Waals surface area contributed by atoms with Crippen LogP contribution in [0.5, 0.6) is 5.75 Å². The normalized spacial score (nSPS) is 12.8. The summed E-state index contributed by atoms with van der Waals surface area (Å²) in [7, 11) is 0. The molecule has 3 nitrogen and oxygen atoms in total. The zero-order valence-corrected chi connectivity index (χ0v) is 13.1. The van der Waals surface area contributed by atoms with Crippen molar-refractivity contribution in [1.82, 2.24) is 5.32 Å². The van der Waals surface area contributed by atoms with E-state index in [1.54, 1.807) is 0 Å². The van der Waals surface area contributed by atoms with Crippen LogP contribution in [0.2, 0.25) is 0 Å². The van der Waals surface area contributed by atoms with Gasteiger partial charge in [-0.2, -0.15) is 5.26 Å². The molecule has 0 aliphatic heterocycles. The van der Waals surface area contributed by atoms with Crippen molar-refractivity contribution in [3.63, 3.8) is 0 Å². The highest BCUT2D eigenvalue weighted by Gasteiger charge is 2.18. The Morgan fingerprint density at radius 3 is 2.60 bits per heavy atom. The van der Waals surface area contributed by atoms with Crippen molar-refractivity contribution in [3.05, 3.63) is 29.8 Å². The Hall–Kier alpha value is -1.53. The van der Waals surface area contributed by atoms with Gasteiger partial charge in [0.1, 0.15) is 5.75 Å². The summed E-state index contributed by atoms with van der Waals surface area (Å²) in [5.41, 5.74) is 0.868. The van der Waals surface area contributed by atoms with Crippen LogP contribution in [0.4, 0.5) is 0 Å². The summed E-state index contributed by atoms with van der Waals surface area (Å²) in [5.74, 6) is 0.925.